The zero-order valence-electron chi connectivity index (χ0n) is 9.88. The van der Waals surface area contributed by atoms with Gasteiger partial charge in [-0.2, -0.15) is 0 Å². The van der Waals surface area contributed by atoms with Crippen molar-refractivity contribution in [2.24, 2.45) is 11.8 Å². The lowest BCUT2D eigenvalue weighted by Gasteiger charge is -2.29. The maximum atomic E-state index is 5.57. The van der Waals surface area contributed by atoms with Crippen molar-refractivity contribution in [1.29, 1.82) is 0 Å². The van der Waals surface area contributed by atoms with Crippen LogP contribution < -0.4 is 11.3 Å². The summed E-state index contributed by atoms with van der Waals surface area (Å²) in [5, 5.41) is 0. The predicted octanol–water partition coefficient (Wildman–Crippen LogP) is 3.15. The first-order chi connectivity index (χ1) is 7.36. The van der Waals surface area contributed by atoms with E-state index in [-0.39, 0.29) is 0 Å². The summed E-state index contributed by atoms with van der Waals surface area (Å²) in [6.45, 7) is 3.74. The minimum Gasteiger partial charge on any atom is -0.271 e. The molecular formula is C13H26N2. The minimum absolute atomic E-state index is 0.555. The summed E-state index contributed by atoms with van der Waals surface area (Å²) in [7, 11) is 0. The molecule has 0 spiro atoms. The highest BCUT2D eigenvalue weighted by molar-refractivity contribution is 4.76. The summed E-state index contributed by atoms with van der Waals surface area (Å²) >= 11 is 0. The molecule has 1 rings (SSSR count). The standard InChI is InChI=1S/C13H26N2/c1-2-3-4-5-6-10-13(15-14)11-12-8-7-9-12/h2,12-13,15H,1,3-11,14H2. The van der Waals surface area contributed by atoms with Crippen LogP contribution in [0.2, 0.25) is 0 Å². The van der Waals surface area contributed by atoms with Gasteiger partial charge in [0.15, 0.2) is 0 Å². The van der Waals surface area contributed by atoms with E-state index in [1.165, 1.54) is 51.4 Å². The molecule has 88 valence electrons. The Labute approximate surface area is 94.3 Å². The average Bonchev–Trinajstić information content (AvgIpc) is 2.19. The summed E-state index contributed by atoms with van der Waals surface area (Å²) in [6, 6.07) is 0.555. The fourth-order valence-electron chi connectivity index (χ4n) is 2.26. The number of nitrogens with two attached hydrogens (primary N) is 1. The summed E-state index contributed by atoms with van der Waals surface area (Å²) in [6.07, 6.45) is 13.9. The van der Waals surface area contributed by atoms with Gasteiger partial charge in [-0.1, -0.05) is 38.2 Å². The number of hydrogen-bond donors (Lipinski definition) is 2. The van der Waals surface area contributed by atoms with Gasteiger partial charge in [0.2, 0.25) is 0 Å². The molecule has 1 aliphatic carbocycles. The Hall–Kier alpha value is -0.340. The molecular weight excluding hydrogens is 184 g/mol. The Bertz CT molecular complexity index is 164. The van der Waals surface area contributed by atoms with E-state index in [0.29, 0.717) is 6.04 Å². The van der Waals surface area contributed by atoms with Gasteiger partial charge in [-0.3, -0.25) is 11.3 Å². The van der Waals surface area contributed by atoms with Crippen LogP contribution in [0.1, 0.15) is 57.8 Å². The third-order valence-electron chi connectivity index (χ3n) is 3.54. The highest BCUT2D eigenvalue weighted by atomic mass is 15.2. The SMILES string of the molecule is C=CCCCCCC(CC1CCC1)NN. The smallest absolute Gasteiger partial charge is 0.0213 e. The first-order valence-electron chi connectivity index (χ1n) is 6.44. The normalized spacial score (nSPS) is 18.5. The second-order valence-electron chi connectivity index (χ2n) is 4.82. The minimum atomic E-state index is 0.555. The van der Waals surface area contributed by atoms with Crippen LogP contribution in [0.15, 0.2) is 12.7 Å². The lowest BCUT2D eigenvalue weighted by molar-refractivity contribution is 0.252. The van der Waals surface area contributed by atoms with Crippen molar-refractivity contribution in [2.75, 3.05) is 0 Å². The summed E-state index contributed by atoms with van der Waals surface area (Å²) < 4.78 is 0. The molecule has 1 atom stereocenters. The maximum Gasteiger partial charge on any atom is 0.0213 e. The number of rotatable bonds is 9. The fraction of sp³-hybridized carbons (Fsp3) is 0.846. The van der Waals surface area contributed by atoms with Gasteiger partial charge in [0, 0.05) is 6.04 Å². The topological polar surface area (TPSA) is 38.0 Å². The Morgan fingerprint density at radius 3 is 2.67 bits per heavy atom. The van der Waals surface area contributed by atoms with Gasteiger partial charge in [0.05, 0.1) is 0 Å². The van der Waals surface area contributed by atoms with E-state index in [0.717, 1.165) is 12.3 Å². The molecule has 0 radical (unpaired) electrons. The van der Waals surface area contributed by atoms with Crippen molar-refractivity contribution in [2.45, 2.75) is 63.8 Å². The van der Waals surface area contributed by atoms with Crippen molar-refractivity contribution in [3.8, 4) is 0 Å². The van der Waals surface area contributed by atoms with E-state index in [1.807, 2.05) is 6.08 Å². The van der Waals surface area contributed by atoms with E-state index in [9.17, 15) is 0 Å². The van der Waals surface area contributed by atoms with Crippen LogP contribution >= 0.6 is 0 Å². The zero-order chi connectivity index (χ0) is 10.9. The van der Waals surface area contributed by atoms with Crippen molar-refractivity contribution in [3.05, 3.63) is 12.7 Å². The van der Waals surface area contributed by atoms with E-state index >= 15 is 0 Å². The quantitative estimate of drug-likeness (QED) is 0.265. The van der Waals surface area contributed by atoms with E-state index in [1.54, 1.807) is 0 Å². The maximum absolute atomic E-state index is 5.57. The Morgan fingerprint density at radius 1 is 1.33 bits per heavy atom. The van der Waals surface area contributed by atoms with Gasteiger partial charge >= 0.3 is 0 Å². The molecule has 0 saturated heterocycles. The van der Waals surface area contributed by atoms with Crippen molar-refractivity contribution < 1.29 is 0 Å². The molecule has 0 heterocycles. The molecule has 0 aromatic heterocycles. The van der Waals surface area contributed by atoms with E-state index in [4.69, 9.17) is 5.84 Å². The lowest BCUT2D eigenvalue weighted by Crippen LogP contribution is -2.37. The van der Waals surface area contributed by atoms with Crippen LogP contribution in [0.5, 0.6) is 0 Å². The van der Waals surface area contributed by atoms with Gasteiger partial charge in [0.25, 0.3) is 0 Å². The lowest BCUT2D eigenvalue weighted by atomic mass is 9.80. The molecule has 3 N–H and O–H groups in total. The number of hydrogen-bond acceptors (Lipinski definition) is 2. The second-order valence-corrected chi connectivity index (χ2v) is 4.82. The number of allylic oxidation sites excluding steroid dienone is 1. The van der Waals surface area contributed by atoms with Gasteiger partial charge < -0.3 is 0 Å². The number of hydrazine groups is 1. The third-order valence-corrected chi connectivity index (χ3v) is 3.54. The van der Waals surface area contributed by atoms with Crippen molar-refractivity contribution in [1.82, 2.24) is 5.43 Å². The summed E-state index contributed by atoms with van der Waals surface area (Å²) in [5.41, 5.74) is 2.97. The zero-order valence-corrected chi connectivity index (χ0v) is 9.88. The van der Waals surface area contributed by atoms with Crippen LogP contribution in [0.4, 0.5) is 0 Å². The second kappa shape index (κ2) is 7.89. The molecule has 0 aromatic rings. The fourth-order valence-corrected chi connectivity index (χ4v) is 2.26. The first kappa shape index (κ1) is 12.7. The van der Waals surface area contributed by atoms with Gasteiger partial charge in [-0.25, -0.2) is 0 Å². The third kappa shape index (κ3) is 5.33. The van der Waals surface area contributed by atoms with E-state index < -0.39 is 0 Å². The molecule has 0 aromatic carbocycles. The molecule has 15 heavy (non-hydrogen) atoms. The summed E-state index contributed by atoms with van der Waals surface area (Å²) in [4.78, 5) is 0. The number of unbranched alkanes of at least 4 members (excludes halogenated alkanes) is 3. The molecule has 0 aliphatic heterocycles. The first-order valence-corrected chi connectivity index (χ1v) is 6.44. The Balaban J connectivity index is 1.97. The molecule has 1 aliphatic rings. The molecule has 0 bridgehead atoms. The van der Waals surface area contributed by atoms with Crippen molar-refractivity contribution in [3.63, 3.8) is 0 Å². The molecule has 1 fully saturated rings. The molecule has 2 heteroatoms. The van der Waals surface area contributed by atoms with Crippen LogP contribution in [0.25, 0.3) is 0 Å². The largest absolute Gasteiger partial charge is 0.271 e. The Kier molecular flexibility index (Phi) is 6.69. The monoisotopic (exact) mass is 210 g/mol. The molecule has 1 saturated carbocycles. The van der Waals surface area contributed by atoms with Crippen LogP contribution in [-0.4, -0.2) is 6.04 Å². The van der Waals surface area contributed by atoms with Crippen LogP contribution in [-0.2, 0) is 0 Å². The van der Waals surface area contributed by atoms with Gasteiger partial charge in [-0.15, -0.1) is 6.58 Å². The van der Waals surface area contributed by atoms with Gasteiger partial charge in [-0.05, 0) is 31.6 Å². The molecule has 1 unspecified atom stereocenters. The highest BCUT2D eigenvalue weighted by Crippen LogP contribution is 2.31. The Morgan fingerprint density at radius 2 is 2.13 bits per heavy atom. The van der Waals surface area contributed by atoms with Crippen LogP contribution in [0, 0.1) is 5.92 Å². The van der Waals surface area contributed by atoms with Gasteiger partial charge in [0.1, 0.15) is 0 Å². The average molecular weight is 210 g/mol. The van der Waals surface area contributed by atoms with E-state index in [2.05, 4.69) is 12.0 Å². The molecule has 0 amide bonds. The van der Waals surface area contributed by atoms with Crippen molar-refractivity contribution >= 4 is 0 Å². The molecule has 2 nitrogen and oxygen atoms in total. The van der Waals surface area contributed by atoms with Crippen LogP contribution in [0.3, 0.4) is 0 Å². The number of nitrogens with one attached hydrogen (secondary N) is 1. The summed E-state index contributed by atoms with van der Waals surface area (Å²) in [5.74, 6) is 6.53. The predicted molar refractivity (Wildman–Crippen MR) is 66.4 cm³/mol. The highest BCUT2D eigenvalue weighted by Gasteiger charge is 2.20.